The lowest BCUT2D eigenvalue weighted by Crippen LogP contribution is -2.30. The van der Waals surface area contributed by atoms with Gasteiger partial charge in [0.2, 0.25) is 23.6 Å². The van der Waals surface area contributed by atoms with Crippen molar-refractivity contribution in [2.75, 3.05) is 31.6 Å². The topological polar surface area (TPSA) is 123 Å². The van der Waals surface area contributed by atoms with Crippen LogP contribution in [0.3, 0.4) is 0 Å². The van der Waals surface area contributed by atoms with Crippen molar-refractivity contribution < 1.29 is 37.0 Å². The molecule has 3 heterocycles. The molecule has 10 nitrogen and oxygen atoms in total. The number of pyridine rings is 2. The van der Waals surface area contributed by atoms with E-state index in [1.165, 1.54) is 6.07 Å². The molecule has 1 atom stereocenters. The third-order valence-corrected chi connectivity index (χ3v) is 5.83. The highest BCUT2D eigenvalue weighted by molar-refractivity contribution is 5.96. The van der Waals surface area contributed by atoms with E-state index in [4.69, 9.17) is 9.47 Å². The van der Waals surface area contributed by atoms with E-state index >= 15 is 0 Å². The first-order chi connectivity index (χ1) is 18.3. The number of anilines is 1. The van der Waals surface area contributed by atoms with Crippen molar-refractivity contribution >= 4 is 23.5 Å². The summed E-state index contributed by atoms with van der Waals surface area (Å²) in [4.78, 5) is 47.0. The lowest BCUT2D eigenvalue weighted by atomic mass is 10.1. The number of amides is 3. The molecule has 0 aromatic carbocycles. The summed E-state index contributed by atoms with van der Waals surface area (Å²) in [7, 11) is 0. The molecule has 39 heavy (non-hydrogen) atoms. The largest absolute Gasteiger partial charge is 0.475 e. The average molecular weight is 552 g/mol. The minimum atomic E-state index is -4.57. The normalized spacial score (nSPS) is 14.4. The van der Waals surface area contributed by atoms with Gasteiger partial charge in [0.05, 0.1) is 12.6 Å². The Balaban J connectivity index is 1.77. The van der Waals surface area contributed by atoms with Crippen LogP contribution >= 0.6 is 0 Å². The highest BCUT2D eigenvalue weighted by atomic mass is 19.4. The number of aromatic nitrogens is 2. The van der Waals surface area contributed by atoms with Gasteiger partial charge in [0.15, 0.2) is 6.61 Å². The quantitative estimate of drug-likeness (QED) is 0.435. The number of alkyl halides is 3. The van der Waals surface area contributed by atoms with E-state index < -0.39 is 24.7 Å². The number of nitrogens with one attached hydrogen (secondary N) is 2. The molecule has 3 amide bonds. The van der Waals surface area contributed by atoms with Crippen LogP contribution < -0.4 is 20.1 Å². The third kappa shape index (κ3) is 8.82. The number of hydrogen-bond donors (Lipinski definition) is 2. The smallest absolute Gasteiger partial charge is 0.422 e. The zero-order valence-electron chi connectivity index (χ0n) is 22.2. The van der Waals surface area contributed by atoms with Gasteiger partial charge in [0, 0.05) is 30.6 Å². The Bertz CT molecular complexity index is 1200. The van der Waals surface area contributed by atoms with Crippen molar-refractivity contribution in [2.45, 2.75) is 52.8 Å². The number of hydrogen-bond acceptors (Lipinski definition) is 7. The molecule has 0 radical (unpaired) electrons. The first-order valence-electron chi connectivity index (χ1n) is 12.5. The van der Waals surface area contributed by atoms with Crippen LogP contribution in [0, 0.1) is 12.8 Å². The molecule has 1 saturated heterocycles. The SMILES string of the molecule is Cc1cc(C(C)NC(=O)c2ccc(OCC(F)(F)F)nc2OCCN2CCCC2=O)cc(NC(=O)C(C)C)n1. The minimum absolute atomic E-state index is 0.0141. The lowest BCUT2D eigenvalue weighted by Gasteiger charge is -2.19. The van der Waals surface area contributed by atoms with Crippen LogP contribution in [0.5, 0.6) is 11.8 Å². The number of halogens is 3. The van der Waals surface area contributed by atoms with E-state index in [-0.39, 0.29) is 48.2 Å². The Morgan fingerprint density at radius 1 is 1.13 bits per heavy atom. The molecular formula is C26H32F3N5O5. The Hall–Kier alpha value is -3.90. The molecule has 0 aliphatic carbocycles. The highest BCUT2D eigenvalue weighted by Gasteiger charge is 2.29. The van der Waals surface area contributed by atoms with Crippen LogP contribution in [-0.2, 0) is 9.59 Å². The van der Waals surface area contributed by atoms with E-state index in [2.05, 4.69) is 20.6 Å². The molecular weight excluding hydrogens is 519 g/mol. The molecule has 13 heteroatoms. The fourth-order valence-electron chi connectivity index (χ4n) is 3.77. The minimum Gasteiger partial charge on any atom is -0.475 e. The van der Waals surface area contributed by atoms with Crippen LogP contribution in [-0.4, -0.2) is 65.1 Å². The highest BCUT2D eigenvalue weighted by Crippen LogP contribution is 2.25. The molecule has 1 aliphatic heterocycles. The number of rotatable bonds is 11. The van der Waals surface area contributed by atoms with Gasteiger partial charge in [0.1, 0.15) is 18.0 Å². The number of nitrogens with zero attached hydrogens (tertiary/aromatic N) is 3. The first-order valence-corrected chi connectivity index (χ1v) is 12.5. The molecule has 0 saturated carbocycles. The Morgan fingerprint density at radius 3 is 2.51 bits per heavy atom. The fraction of sp³-hybridized carbons (Fsp3) is 0.500. The second-order valence-electron chi connectivity index (χ2n) is 9.51. The van der Waals surface area contributed by atoms with Crippen molar-refractivity contribution in [3.8, 4) is 11.8 Å². The van der Waals surface area contributed by atoms with Gasteiger partial charge in [-0.25, -0.2) is 4.98 Å². The predicted molar refractivity (Wildman–Crippen MR) is 135 cm³/mol. The molecule has 2 N–H and O–H groups in total. The molecule has 1 unspecified atom stereocenters. The van der Waals surface area contributed by atoms with Crippen molar-refractivity contribution in [1.82, 2.24) is 20.2 Å². The van der Waals surface area contributed by atoms with Crippen LogP contribution in [0.2, 0.25) is 0 Å². The number of aryl methyl sites for hydroxylation is 1. The third-order valence-electron chi connectivity index (χ3n) is 5.83. The standard InChI is InChI=1S/C26H32F3N5O5/c1-15(2)23(36)32-20-13-18(12-16(3)30-20)17(4)31-24(37)19-7-8-21(39-14-26(27,28)29)33-25(19)38-11-10-34-9-5-6-22(34)35/h7-8,12-13,15,17H,5-6,9-11,14H2,1-4H3,(H,31,37)(H,30,32,36). The predicted octanol–water partition coefficient (Wildman–Crippen LogP) is 3.81. The summed E-state index contributed by atoms with van der Waals surface area (Å²) >= 11 is 0. The maximum Gasteiger partial charge on any atom is 0.422 e. The number of likely N-dealkylation sites (tertiary alicyclic amines) is 1. The maximum atomic E-state index is 13.2. The second kappa shape index (κ2) is 12.8. The molecule has 212 valence electrons. The van der Waals surface area contributed by atoms with Gasteiger partial charge >= 0.3 is 6.18 Å². The van der Waals surface area contributed by atoms with Gasteiger partial charge in [-0.15, -0.1) is 0 Å². The van der Waals surface area contributed by atoms with E-state index in [9.17, 15) is 27.6 Å². The number of carbonyl (C=O) groups excluding carboxylic acids is 3. The summed E-state index contributed by atoms with van der Waals surface area (Å²) in [6, 6.07) is 5.29. The van der Waals surface area contributed by atoms with Gasteiger partial charge in [-0.3, -0.25) is 14.4 Å². The molecule has 0 spiro atoms. The Labute approximate surface area is 224 Å². The Kier molecular flexibility index (Phi) is 9.71. The van der Waals surface area contributed by atoms with Crippen LogP contribution in [0.15, 0.2) is 24.3 Å². The van der Waals surface area contributed by atoms with E-state index in [1.54, 1.807) is 44.7 Å². The van der Waals surface area contributed by atoms with Crippen molar-refractivity contribution in [3.63, 3.8) is 0 Å². The summed E-state index contributed by atoms with van der Waals surface area (Å²) < 4.78 is 48.2. The number of carbonyl (C=O) groups is 3. The van der Waals surface area contributed by atoms with Gasteiger partial charge in [-0.2, -0.15) is 18.2 Å². The van der Waals surface area contributed by atoms with Crippen LogP contribution in [0.1, 0.15) is 61.3 Å². The summed E-state index contributed by atoms with van der Waals surface area (Å²) in [5.74, 6) is -1.29. The van der Waals surface area contributed by atoms with Gasteiger partial charge in [-0.1, -0.05) is 13.8 Å². The van der Waals surface area contributed by atoms with Crippen LogP contribution in [0.25, 0.3) is 0 Å². The molecule has 2 aromatic heterocycles. The van der Waals surface area contributed by atoms with Gasteiger partial charge in [-0.05, 0) is 44.0 Å². The van der Waals surface area contributed by atoms with Crippen LogP contribution in [0.4, 0.5) is 19.0 Å². The van der Waals surface area contributed by atoms with Crippen molar-refractivity contribution in [1.29, 1.82) is 0 Å². The summed E-state index contributed by atoms with van der Waals surface area (Å²) in [6.07, 6.45) is -3.39. The zero-order chi connectivity index (χ0) is 28.7. The first kappa shape index (κ1) is 29.7. The number of ether oxygens (including phenoxy) is 2. The second-order valence-corrected chi connectivity index (χ2v) is 9.51. The van der Waals surface area contributed by atoms with E-state index in [1.807, 2.05) is 0 Å². The maximum absolute atomic E-state index is 13.2. The van der Waals surface area contributed by atoms with Crippen molar-refractivity contribution in [3.05, 3.63) is 41.1 Å². The molecule has 1 aliphatic rings. The Morgan fingerprint density at radius 2 is 1.87 bits per heavy atom. The molecule has 1 fully saturated rings. The lowest BCUT2D eigenvalue weighted by molar-refractivity contribution is -0.154. The van der Waals surface area contributed by atoms with Gasteiger partial charge in [0.25, 0.3) is 5.91 Å². The fourth-order valence-corrected chi connectivity index (χ4v) is 3.77. The van der Waals surface area contributed by atoms with Gasteiger partial charge < -0.3 is 25.0 Å². The monoisotopic (exact) mass is 551 g/mol. The average Bonchev–Trinajstić information content (AvgIpc) is 3.26. The van der Waals surface area contributed by atoms with Crippen molar-refractivity contribution in [2.24, 2.45) is 5.92 Å². The molecule has 2 aromatic rings. The van der Waals surface area contributed by atoms with E-state index in [0.29, 0.717) is 30.0 Å². The van der Waals surface area contributed by atoms with E-state index in [0.717, 1.165) is 12.5 Å². The zero-order valence-corrected chi connectivity index (χ0v) is 22.2. The summed E-state index contributed by atoms with van der Waals surface area (Å²) in [5, 5.41) is 5.55. The summed E-state index contributed by atoms with van der Waals surface area (Å²) in [6.45, 7) is 6.25. The summed E-state index contributed by atoms with van der Waals surface area (Å²) in [5.41, 5.74) is 1.28. The molecule has 3 rings (SSSR count). The molecule has 0 bridgehead atoms.